The second-order valence-corrected chi connectivity index (χ2v) is 18.2. The first-order valence-corrected chi connectivity index (χ1v) is 17.1. The summed E-state index contributed by atoms with van der Waals surface area (Å²) < 4.78 is 14.7. The van der Waals surface area contributed by atoms with Crippen molar-refractivity contribution in [1.29, 1.82) is 0 Å². The van der Waals surface area contributed by atoms with Gasteiger partial charge in [0.25, 0.3) is 7.37 Å². The van der Waals surface area contributed by atoms with Crippen LogP contribution in [0.3, 0.4) is 0 Å². The normalized spacial score (nSPS) is 14.4. The van der Waals surface area contributed by atoms with E-state index in [9.17, 15) is 9.46 Å². The van der Waals surface area contributed by atoms with Gasteiger partial charge in [-0.2, -0.15) is 0 Å². The SMILES string of the molecule is CC(C)(C)c1cccc(-c2cccc(P(=O)(O)c3ccccc3)c2-c2cccc(C(C)(C)C)c2C(C)(C)C)c1C(C)(C)C. The zero-order valence-corrected chi connectivity index (χ0v) is 29.3. The lowest BCUT2D eigenvalue weighted by Gasteiger charge is -2.35. The van der Waals surface area contributed by atoms with Crippen LogP contribution in [0.4, 0.5) is 0 Å². The van der Waals surface area contributed by atoms with E-state index >= 15 is 0 Å². The molecule has 0 aliphatic heterocycles. The second kappa shape index (κ2) is 11.2. The van der Waals surface area contributed by atoms with Crippen LogP contribution in [0.2, 0.25) is 0 Å². The Morgan fingerprint density at radius 2 is 0.884 bits per heavy atom. The van der Waals surface area contributed by atoms with Crippen LogP contribution < -0.4 is 10.6 Å². The van der Waals surface area contributed by atoms with Crippen LogP contribution in [0.25, 0.3) is 22.3 Å². The minimum absolute atomic E-state index is 0.0740. The molecule has 1 unspecified atom stereocenters. The van der Waals surface area contributed by atoms with Crippen molar-refractivity contribution >= 4 is 18.0 Å². The van der Waals surface area contributed by atoms with Crippen LogP contribution >= 0.6 is 7.37 Å². The molecule has 2 nitrogen and oxygen atoms in total. The highest BCUT2D eigenvalue weighted by Crippen LogP contribution is 2.50. The van der Waals surface area contributed by atoms with Crippen LogP contribution in [0, 0.1) is 0 Å². The fourth-order valence-corrected chi connectivity index (χ4v) is 8.16. The lowest BCUT2D eigenvalue weighted by Crippen LogP contribution is -2.26. The molecule has 0 spiro atoms. The lowest BCUT2D eigenvalue weighted by molar-refractivity contribution is 0.501. The maximum atomic E-state index is 14.7. The molecule has 1 N–H and O–H groups in total. The lowest BCUT2D eigenvalue weighted by atomic mass is 9.70. The Morgan fingerprint density at radius 3 is 1.35 bits per heavy atom. The Bertz CT molecular complexity index is 1670. The smallest absolute Gasteiger partial charge is 0.259 e. The van der Waals surface area contributed by atoms with Crippen molar-refractivity contribution in [2.75, 3.05) is 0 Å². The Kier molecular flexibility index (Phi) is 8.60. The van der Waals surface area contributed by atoms with Crippen molar-refractivity contribution in [2.24, 2.45) is 0 Å². The zero-order chi connectivity index (χ0) is 32.2. The third kappa shape index (κ3) is 6.47. The number of hydrogen-bond acceptors (Lipinski definition) is 1. The molecule has 0 aliphatic carbocycles. The predicted octanol–water partition coefficient (Wildman–Crippen LogP) is 10.4. The van der Waals surface area contributed by atoms with Crippen LogP contribution in [0.5, 0.6) is 0 Å². The highest BCUT2D eigenvalue weighted by molar-refractivity contribution is 7.73. The van der Waals surface area contributed by atoms with Gasteiger partial charge in [0.2, 0.25) is 0 Å². The summed E-state index contributed by atoms with van der Waals surface area (Å²) >= 11 is 0. The van der Waals surface area contributed by atoms with Gasteiger partial charge < -0.3 is 4.89 Å². The van der Waals surface area contributed by atoms with E-state index in [0.717, 1.165) is 22.3 Å². The van der Waals surface area contributed by atoms with E-state index in [1.54, 1.807) is 12.1 Å². The molecule has 1 atom stereocenters. The summed E-state index contributed by atoms with van der Waals surface area (Å²) in [6, 6.07) is 28.2. The van der Waals surface area contributed by atoms with Gasteiger partial charge in [0, 0.05) is 16.2 Å². The predicted molar refractivity (Wildman–Crippen MR) is 188 cm³/mol. The average molecular weight is 595 g/mol. The molecule has 0 aromatic heterocycles. The highest BCUT2D eigenvalue weighted by Gasteiger charge is 2.35. The summed E-state index contributed by atoms with van der Waals surface area (Å²) in [5, 5.41) is 0.922. The molecule has 0 bridgehead atoms. The van der Waals surface area contributed by atoms with E-state index in [-0.39, 0.29) is 21.7 Å². The zero-order valence-electron chi connectivity index (χ0n) is 28.4. The van der Waals surface area contributed by atoms with Gasteiger partial charge in [0.05, 0.1) is 0 Å². The van der Waals surface area contributed by atoms with Crippen molar-refractivity contribution in [3.8, 4) is 22.3 Å². The third-order valence-corrected chi connectivity index (χ3v) is 10.3. The Hall–Kier alpha value is -2.93. The molecule has 0 radical (unpaired) electrons. The van der Waals surface area contributed by atoms with Crippen molar-refractivity contribution in [2.45, 2.75) is 105 Å². The molecule has 43 heavy (non-hydrogen) atoms. The number of rotatable bonds is 4. The largest absolute Gasteiger partial charge is 0.338 e. The molecule has 0 amide bonds. The van der Waals surface area contributed by atoms with Gasteiger partial charge in [-0.3, -0.25) is 4.57 Å². The van der Waals surface area contributed by atoms with Crippen molar-refractivity contribution in [1.82, 2.24) is 0 Å². The van der Waals surface area contributed by atoms with Gasteiger partial charge in [0.1, 0.15) is 0 Å². The second-order valence-electron chi connectivity index (χ2n) is 16.1. The minimum Gasteiger partial charge on any atom is -0.338 e. The maximum Gasteiger partial charge on any atom is 0.259 e. The molecule has 0 saturated carbocycles. The summed E-state index contributed by atoms with van der Waals surface area (Å²) in [7, 11) is -3.98. The molecular formula is C40H51O2P. The van der Waals surface area contributed by atoms with Crippen LogP contribution in [-0.2, 0) is 26.2 Å². The van der Waals surface area contributed by atoms with Gasteiger partial charge in [-0.05, 0) is 78.8 Å². The fraction of sp³-hybridized carbons (Fsp3) is 0.400. The molecule has 4 aromatic rings. The van der Waals surface area contributed by atoms with Gasteiger partial charge in [-0.1, -0.05) is 150 Å². The number of benzene rings is 4. The molecule has 4 rings (SSSR count). The van der Waals surface area contributed by atoms with Crippen LogP contribution in [0.15, 0.2) is 84.9 Å². The Balaban J connectivity index is 2.29. The van der Waals surface area contributed by atoms with E-state index in [2.05, 4.69) is 126 Å². The topological polar surface area (TPSA) is 37.3 Å². The van der Waals surface area contributed by atoms with Gasteiger partial charge in [-0.15, -0.1) is 0 Å². The third-order valence-electron chi connectivity index (χ3n) is 8.28. The minimum atomic E-state index is -3.98. The number of hydrogen-bond donors (Lipinski definition) is 1. The average Bonchev–Trinajstić information content (AvgIpc) is 2.90. The quantitative estimate of drug-likeness (QED) is 0.239. The monoisotopic (exact) mass is 594 g/mol. The van der Waals surface area contributed by atoms with E-state index in [1.807, 2.05) is 30.3 Å². The van der Waals surface area contributed by atoms with Crippen LogP contribution in [-0.4, -0.2) is 4.89 Å². The Morgan fingerprint density at radius 1 is 0.465 bits per heavy atom. The van der Waals surface area contributed by atoms with Crippen molar-refractivity contribution < 1.29 is 9.46 Å². The van der Waals surface area contributed by atoms with Gasteiger partial charge >= 0.3 is 0 Å². The first kappa shape index (κ1) is 33.0. The van der Waals surface area contributed by atoms with Gasteiger partial charge in [0.15, 0.2) is 0 Å². The summed E-state index contributed by atoms with van der Waals surface area (Å²) in [5.41, 5.74) is 8.47. The highest BCUT2D eigenvalue weighted by atomic mass is 31.2. The molecule has 0 heterocycles. The molecule has 228 valence electrons. The standard InChI is InChI=1S/C40H51O2P/c1-37(2,3)31-24-16-22-29(35(31)39(7,8)9)28-21-18-26-33(43(41,42)27-19-14-13-15-20-27)34(28)30-23-17-25-32(38(4,5)6)36(30)40(10,11)12/h13-26H,1-12H3,(H,41,42). The molecule has 4 aromatic carbocycles. The van der Waals surface area contributed by atoms with E-state index < -0.39 is 7.37 Å². The molecule has 0 saturated heterocycles. The summed E-state index contributed by atoms with van der Waals surface area (Å²) in [4.78, 5) is 12.1. The molecule has 3 heteroatoms. The summed E-state index contributed by atoms with van der Waals surface area (Å²) in [6.45, 7) is 27.1. The molecular weight excluding hydrogens is 543 g/mol. The van der Waals surface area contributed by atoms with Crippen molar-refractivity contribution in [3.05, 3.63) is 107 Å². The maximum absolute atomic E-state index is 14.7. The van der Waals surface area contributed by atoms with Crippen LogP contribution in [0.1, 0.15) is 105 Å². The molecule has 0 fully saturated rings. The fourth-order valence-electron chi connectivity index (χ4n) is 6.47. The first-order chi connectivity index (χ1) is 19.7. The van der Waals surface area contributed by atoms with Crippen molar-refractivity contribution in [3.63, 3.8) is 0 Å². The first-order valence-electron chi connectivity index (χ1n) is 15.5. The van der Waals surface area contributed by atoms with Gasteiger partial charge in [-0.25, -0.2) is 0 Å². The summed E-state index contributed by atoms with van der Waals surface area (Å²) in [6.07, 6.45) is 0. The van der Waals surface area contributed by atoms with E-state index in [0.29, 0.717) is 10.6 Å². The summed E-state index contributed by atoms with van der Waals surface area (Å²) in [5.74, 6) is 0. The van der Waals surface area contributed by atoms with E-state index in [1.165, 1.54) is 22.3 Å². The molecule has 0 aliphatic rings. The van der Waals surface area contributed by atoms with E-state index in [4.69, 9.17) is 0 Å². The Labute approximate surface area is 261 Å².